The predicted octanol–water partition coefficient (Wildman–Crippen LogP) is 5.45. The third-order valence-corrected chi connectivity index (χ3v) is 9.09. The highest BCUT2D eigenvalue weighted by molar-refractivity contribution is 7.13. The lowest BCUT2D eigenvalue weighted by atomic mass is 9.91. The normalized spacial score (nSPS) is 15.0. The van der Waals surface area contributed by atoms with Gasteiger partial charge in [-0.2, -0.15) is 5.10 Å². The number of aromatic nitrogens is 5. The lowest BCUT2D eigenvalue weighted by Gasteiger charge is -2.38. The van der Waals surface area contributed by atoms with Crippen LogP contribution in [0.2, 0.25) is 0 Å². The van der Waals surface area contributed by atoms with Crippen LogP contribution in [0.4, 0.5) is 4.39 Å². The number of aliphatic hydroxyl groups is 1. The molecule has 228 valence electrons. The lowest BCUT2D eigenvalue weighted by molar-refractivity contribution is -0.0364. The molecule has 1 aliphatic rings. The van der Waals surface area contributed by atoms with E-state index in [2.05, 4.69) is 15.0 Å². The number of nitrogens with zero attached hydrogens (tertiary/aromatic N) is 6. The second kappa shape index (κ2) is 12.4. The molecule has 4 heterocycles. The van der Waals surface area contributed by atoms with Crippen LogP contribution in [-0.2, 0) is 19.7 Å². The van der Waals surface area contributed by atoms with Crippen molar-refractivity contribution in [2.45, 2.75) is 38.1 Å². The molecular formula is C34H31FN6O3S. The molecule has 0 saturated carbocycles. The maximum atomic E-state index is 13.4. The smallest absolute Gasteiger partial charge is 0.264 e. The van der Waals surface area contributed by atoms with E-state index in [0.29, 0.717) is 61.6 Å². The molecule has 0 bridgehead atoms. The van der Waals surface area contributed by atoms with Crippen molar-refractivity contribution >= 4 is 22.4 Å². The first kappa shape index (κ1) is 29.0. The first-order valence-electron chi connectivity index (χ1n) is 14.8. The predicted molar refractivity (Wildman–Crippen MR) is 171 cm³/mol. The van der Waals surface area contributed by atoms with Crippen molar-refractivity contribution in [3.05, 3.63) is 124 Å². The average Bonchev–Trinajstić information content (AvgIpc) is 3.73. The van der Waals surface area contributed by atoms with Gasteiger partial charge in [-0.3, -0.25) is 14.3 Å². The molecule has 9 nitrogen and oxygen atoms in total. The quantitative estimate of drug-likeness (QED) is 0.229. The highest BCUT2D eigenvalue weighted by Gasteiger charge is 2.33. The number of ether oxygens (including phenoxy) is 1. The van der Waals surface area contributed by atoms with Crippen molar-refractivity contribution < 1.29 is 14.2 Å². The molecule has 0 spiro atoms. The maximum Gasteiger partial charge on any atom is 0.264 e. The van der Waals surface area contributed by atoms with Crippen molar-refractivity contribution in [3.8, 4) is 22.0 Å². The summed E-state index contributed by atoms with van der Waals surface area (Å²) in [7, 11) is 0. The maximum absolute atomic E-state index is 13.4. The van der Waals surface area contributed by atoms with Crippen molar-refractivity contribution in [3.63, 3.8) is 0 Å². The van der Waals surface area contributed by atoms with Crippen LogP contribution in [-0.4, -0.2) is 53.0 Å². The molecule has 6 aromatic rings. The molecule has 45 heavy (non-hydrogen) atoms. The van der Waals surface area contributed by atoms with Gasteiger partial charge >= 0.3 is 0 Å². The van der Waals surface area contributed by atoms with Crippen LogP contribution in [0.25, 0.3) is 27.3 Å². The summed E-state index contributed by atoms with van der Waals surface area (Å²) in [6.45, 7) is 2.50. The van der Waals surface area contributed by atoms with Gasteiger partial charge in [-0.1, -0.05) is 48.5 Å². The number of hydrogen-bond acceptors (Lipinski definition) is 8. The van der Waals surface area contributed by atoms with Gasteiger partial charge in [-0.15, -0.1) is 11.3 Å². The third kappa shape index (κ3) is 6.41. The largest absolute Gasteiger partial charge is 0.487 e. The SMILES string of the molecule is O=c1c2cnn(-c3cccc(OCc4csc(-c5ccccc5)n4)c3)c2ncn1CC1(O)CCN(Cc2ccc(F)cc2)CC1. The molecule has 0 amide bonds. The Morgan fingerprint density at radius 1 is 1.00 bits per heavy atom. The molecule has 1 fully saturated rings. The third-order valence-electron chi connectivity index (χ3n) is 8.15. The van der Waals surface area contributed by atoms with E-state index in [1.54, 1.807) is 28.2 Å². The number of halogens is 1. The van der Waals surface area contributed by atoms with Crippen molar-refractivity contribution in [2.75, 3.05) is 13.1 Å². The summed E-state index contributed by atoms with van der Waals surface area (Å²) < 4.78 is 22.4. The Labute approximate surface area is 262 Å². The summed E-state index contributed by atoms with van der Waals surface area (Å²) in [5.41, 5.74) is 2.81. The summed E-state index contributed by atoms with van der Waals surface area (Å²) >= 11 is 1.58. The molecule has 7 rings (SSSR count). The van der Waals surface area contributed by atoms with Crippen LogP contribution in [0.3, 0.4) is 0 Å². The average molecular weight is 623 g/mol. The molecular weight excluding hydrogens is 591 g/mol. The summed E-state index contributed by atoms with van der Waals surface area (Å²) in [5.74, 6) is 0.392. The Balaban J connectivity index is 1.01. The Kier molecular flexibility index (Phi) is 7.97. The molecule has 1 N–H and O–H groups in total. The summed E-state index contributed by atoms with van der Waals surface area (Å²) in [6.07, 6.45) is 4.03. The number of piperidine rings is 1. The number of fused-ring (bicyclic) bond motifs is 1. The number of rotatable bonds is 9. The van der Waals surface area contributed by atoms with Crippen LogP contribution >= 0.6 is 11.3 Å². The van der Waals surface area contributed by atoms with Crippen LogP contribution in [0.15, 0.2) is 102 Å². The van der Waals surface area contributed by atoms with Crippen LogP contribution in [0, 0.1) is 5.82 Å². The highest BCUT2D eigenvalue weighted by atomic mass is 32.1. The Morgan fingerprint density at radius 3 is 2.60 bits per heavy atom. The molecule has 0 unspecified atom stereocenters. The summed E-state index contributed by atoms with van der Waals surface area (Å²) in [4.78, 5) is 24.9. The Bertz CT molecular complexity index is 1980. The highest BCUT2D eigenvalue weighted by Crippen LogP contribution is 2.27. The molecule has 3 aromatic heterocycles. The van der Waals surface area contributed by atoms with E-state index < -0.39 is 5.60 Å². The van der Waals surface area contributed by atoms with E-state index in [0.717, 1.165) is 21.8 Å². The van der Waals surface area contributed by atoms with Crippen molar-refractivity contribution in [1.82, 2.24) is 29.2 Å². The van der Waals surface area contributed by atoms with Gasteiger partial charge in [-0.25, -0.2) is 19.0 Å². The molecule has 1 aliphatic heterocycles. The van der Waals surface area contributed by atoms with E-state index in [-0.39, 0.29) is 17.9 Å². The van der Waals surface area contributed by atoms with Crippen molar-refractivity contribution in [2.24, 2.45) is 0 Å². The molecule has 0 radical (unpaired) electrons. The zero-order valence-corrected chi connectivity index (χ0v) is 25.2. The fourth-order valence-corrected chi connectivity index (χ4v) is 6.46. The van der Waals surface area contributed by atoms with Crippen LogP contribution in [0.5, 0.6) is 5.75 Å². The van der Waals surface area contributed by atoms with Gasteiger partial charge in [0.1, 0.15) is 34.9 Å². The fraction of sp³-hybridized carbons (Fsp3) is 0.235. The van der Waals surface area contributed by atoms with Gasteiger partial charge in [-0.05, 0) is 42.7 Å². The molecule has 1 saturated heterocycles. The first-order valence-corrected chi connectivity index (χ1v) is 15.7. The zero-order valence-electron chi connectivity index (χ0n) is 24.4. The first-order chi connectivity index (χ1) is 21.9. The Morgan fingerprint density at radius 2 is 1.80 bits per heavy atom. The molecule has 11 heteroatoms. The standard InChI is InChI=1S/C34H31FN6O3S/c35-26-11-9-24(10-12-26)19-39-15-13-34(43,14-16-39)22-40-23-36-31-30(33(40)42)18-37-41(31)28-7-4-8-29(17-28)44-20-27-21-45-32(38-27)25-5-2-1-3-6-25/h1-12,17-18,21,23,43H,13-16,19-20,22H2. The second-order valence-electron chi connectivity index (χ2n) is 11.4. The minimum atomic E-state index is -1.03. The number of likely N-dealkylation sites (tertiary alicyclic amines) is 1. The van der Waals surface area contributed by atoms with Crippen molar-refractivity contribution in [1.29, 1.82) is 0 Å². The fourth-order valence-electron chi connectivity index (χ4n) is 5.65. The van der Waals surface area contributed by atoms with E-state index in [9.17, 15) is 14.3 Å². The minimum Gasteiger partial charge on any atom is -0.487 e. The van der Waals surface area contributed by atoms with Gasteiger partial charge in [0, 0.05) is 36.6 Å². The molecule has 3 aromatic carbocycles. The second-order valence-corrected chi connectivity index (χ2v) is 12.3. The molecule has 0 atom stereocenters. The topological polar surface area (TPSA) is 98.3 Å². The summed E-state index contributed by atoms with van der Waals surface area (Å²) in [6, 6.07) is 24.0. The van der Waals surface area contributed by atoms with Gasteiger partial charge in [0.05, 0.1) is 29.7 Å². The summed E-state index contributed by atoms with van der Waals surface area (Å²) in [5, 5.41) is 19.1. The van der Waals surface area contributed by atoms with Crippen LogP contribution in [0.1, 0.15) is 24.1 Å². The van der Waals surface area contributed by atoms with E-state index in [1.807, 2.05) is 60.0 Å². The van der Waals surface area contributed by atoms with E-state index in [1.165, 1.54) is 29.2 Å². The van der Waals surface area contributed by atoms with Crippen LogP contribution < -0.4 is 10.3 Å². The lowest BCUT2D eigenvalue weighted by Crippen LogP contribution is -2.47. The van der Waals surface area contributed by atoms with Gasteiger partial charge in [0.2, 0.25) is 0 Å². The molecule has 0 aliphatic carbocycles. The van der Waals surface area contributed by atoms with Gasteiger partial charge in [0.25, 0.3) is 5.56 Å². The number of benzene rings is 3. The Hall–Kier alpha value is -4.71. The monoisotopic (exact) mass is 622 g/mol. The number of thiazole rings is 1. The van der Waals surface area contributed by atoms with Gasteiger partial charge in [0.15, 0.2) is 5.65 Å². The zero-order chi connectivity index (χ0) is 30.8. The van der Waals surface area contributed by atoms with E-state index in [4.69, 9.17) is 9.72 Å². The van der Waals surface area contributed by atoms with Gasteiger partial charge < -0.3 is 9.84 Å². The minimum absolute atomic E-state index is 0.149. The van der Waals surface area contributed by atoms with E-state index >= 15 is 0 Å². The number of hydrogen-bond donors (Lipinski definition) is 1.